The number of ketones is 1. The van der Waals surface area contributed by atoms with Crippen LogP contribution in [0, 0.1) is 17.8 Å². The van der Waals surface area contributed by atoms with Crippen molar-refractivity contribution in [1.29, 1.82) is 0 Å². The fourth-order valence-corrected chi connectivity index (χ4v) is 2.57. The van der Waals surface area contributed by atoms with E-state index in [1.165, 1.54) is 24.8 Å². The van der Waals surface area contributed by atoms with E-state index in [-0.39, 0.29) is 0 Å². The smallest absolute Gasteiger partial charge is 0.133 e. The van der Waals surface area contributed by atoms with Crippen LogP contribution in [0.2, 0.25) is 0 Å². The van der Waals surface area contributed by atoms with Gasteiger partial charge in [-0.3, -0.25) is 4.79 Å². The van der Waals surface area contributed by atoms with Crippen molar-refractivity contribution < 1.29 is 4.79 Å². The molecule has 0 radical (unpaired) electrons. The van der Waals surface area contributed by atoms with Crippen LogP contribution in [0.1, 0.15) is 59.8 Å². The second-order valence-corrected chi connectivity index (χ2v) is 5.90. The molecule has 0 aromatic carbocycles. The van der Waals surface area contributed by atoms with Gasteiger partial charge in [-0.05, 0) is 43.9 Å². The lowest BCUT2D eigenvalue weighted by Crippen LogP contribution is -2.18. The van der Waals surface area contributed by atoms with E-state index in [0.29, 0.717) is 17.6 Å². The Kier molecular flexibility index (Phi) is 5.24. The summed E-state index contributed by atoms with van der Waals surface area (Å²) in [6.45, 7) is 8.70. The highest BCUT2D eigenvalue weighted by Gasteiger charge is 2.21. The molecular formula is C15H26O. The van der Waals surface area contributed by atoms with Crippen molar-refractivity contribution in [2.75, 3.05) is 0 Å². The number of rotatable bonds is 5. The lowest BCUT2D eigenvalue weighted by Gasteiger charge is -2.26. The van der Waals surface area contributed by atoms with Crippen molar-refractivity contribution in [2.45, 2.75) is 59.8 Å². The van der Waals surface area contributed by atoms with Crippen molar-refractivity contribution >= 4 is 5.78 Å². The Balaban J connectivity index is 2.35. The maximum Gasteiger partial charge on any atom is 0.133 e. The molecule has 92 valence electrons. The molecule has 1 nitrogen and oxygen atoms in total. The number of carbonyl (C=O) groups excluding carboxylic acids is 1. The zero-order valence-electron chi connectivity index (χ0n) is 11.3. The van der Waals surface area contributed by atoms with Crippen molar-refractivity contribution in [3.05, 3.63) is 11.6 Å². The third-order valence-electron chi connectivity index (χ3n) is 3.67. The number of allylic oxidation sites excluding steroid dienone is 2. The number of carbonyl (C=O) groups is 1. The molecule has 0 saturated carbocycles. The van der Waals surface area contributed by atoms with E-state index >= 15 is 0 Å². The Hall–Kier alpha value is -0.590. The summed E-state index contributed by atoms with van der Waals surface area (Å²) in [5.74, 6) is 2.26. The molecule has 0 bridgehead atoms. The molecule has 2 unspecified atom stereocenters. The summed E-state index contributed by atoms with van der Waals surface area (Å²) in [5, 5.41) is 0. The van der Waals surface area contributed by atoms with Gasteiger partial charge in [-0.2, -0.15) is 0 Å². The molecule has 0 amide bonds. The van der Waals surface area contributed by atoms with Gasteiger partial charge >= 0.3 is 0 Å². The van der Waals surface area contributed by atoms with E-state index in [9.17, 15) is 4.79 Å². The van der Waals surface area contributed by atoms with Crippen LogP contribution in [-0.4, -0.2) is 5.78 Å². The summed E-state index contributed by atoms with van der Waals surface area (Å²) in [6, 6.07) is 0. The molecular weight excluding hydrogens is 196 g/mol. The maximum absolute atomic E-state index is 11.8. The standard InChI is InChI=1S/C15H26O/c1-11(2)9-15(16)10-13(4)14-7-5-12(3)6-8-14/h5,11,13-14H,6-10H2,1-4H3. The fraction of sp³-hybridized carbons (Fsp3) is 0.800. The van der Waals surface area contributed by atoms with Gasteiger partial charge in [0, 0.05) is 12.8 Å². The SMILES string of the molecule is CC1=CCC(C(C)CC(=O)CC(C)C)CC1. The Morgan fingerprint density at radius 2 is 2.06 bits per heavy atom. The van der Waals surface area contributed by atoms with Gasteiger partial charge in [-0.25, -0.2) is 0 Å². The molecule has 0 aromatic rings. The normalized spacial score (nSPS) is 23.1. The fourth-order valence-electron chi connectivity index (χ4n) is 2.57. The van der Waals surface area contributed by atoms with E-state index in [1.807, 2.05) is 0 Å². The number of hydrogen-bond donors (Lipinski definition) is 0. The molecule has 0 saturated heterocycles. The van der Waals surface area contributed by atoms with Gasteiger partial charge in [-0.1, -0.05) is 32.4 Å². The summed E-state index contributed by atoms with van der Waals surface area (Å²) in [4.78, 5) is 11.8. The molecule has 0 fully saturated rings. The summed E-state index contributed by atoms with van der Waals surface area (Å²) in [5.41, 5.74) is 1.52. The average Bonchev–Trinajstić information content (AvgIpc) is 2.16. The predicted molar refractivity (Wildman–Crippen MR) is 69.3 cm³/mol. The van der Waals surface area contributed by atoms with E-state index in [0.717, 1.165) is 18.8 Å². The van der Waals surface area contributed by atoms with Gasteiger partial charge in [0.2, 0.25) is 0 Å². The monoisotopic (exact) mass is 222 g/mol. The lowest BCUT2D eigenvalue weighted by atomic mass is 9.79. The second-order valence-electron chi connectivity index (χ2n) is 5.90. The summed E-state index contributed by atoms with van der Waals surface area (Å²) in [7, 11) is 0. The molecule has 0 N–H and O–H groups in total. The molecule has 0 aliphatic heterocycles. The molecule has 1 aliphatic rings. The third kappa shape index (κ3) is 4.51. The summed E-state index contributed by atoms with van der Waals surface area (Å²) < 4.78 is 0. The van der Waals surface area contributed by atoms with E-state index < -0.39 is 0 Å². The Bertz CT molecular complexity index is 263. The molecule has 16 heavy (non-hydrogen) atoms. The van der Waals surface area contributed by atoms with Crippen molar-refractivity contribution in [2.24, 2.45) is 17.8 Å². The van der Waals surface area contributed by atoms with E-state index in [1.54, 1.807) is 0 Å². The minimum atomic E-state index is 0.453. The Morgan fingerprint density at radius 3 is 2.56 bits per heavy atom. The lowest BCUT2D eigenvalue weighted by molar-refractivity contribution is -0.120. The molecule has 1 rings (SSSR count). The minimum absolute atomic E-state index is 0.453. The van der Waals surface area contributed by atoms with Crippen molar-refractivity contribution in [3.63, 3.8) is 0 Å². The van der Waals surface area contributed by atoms with E-state index in [2.05, 4.69) is 33.8 Å². The first-order chi connectivity index (χ1) is 7.49. The molecule has 1 heteroatoms. The van der Waals surface area contributed by atoms with Crippen LogP contribution < -0.4 is 0 Å². The first-order valence-corrected chi connectivity index (χ1v) is 6.66. The number of Topliss-reactive ketones (excluding diaryl/α,β-unsaturated/α-hetero) is 1. The highest BCUT2D eigenvalue weighted by molar-refractivity contribution is 5.78. The second kappa shape index (κ2) is 6.22. The summed E-state index contributed by atoms with van der Waals surface area (Å²) >= 11 is 0. The number of hydrogen-bond acceptors (Lipinski definition) is 1. The first kappa shape index (κ1) is 13.5. The maximum atomic E-state index is 11.8. The Labute approximate surface area is 100 Å². The average molecular weight is 222 g/mol. The topological polar surface area (TPSA) is 17.1 Å². The van der Waals surface area contributed by atoms with Gasteiger partial charge in [-0.15, -0.1) is 0 Å². The predicted octanol–water partition coefficient (Wildman–Crippen LogP) is 4.37. The third-order valence-corrected chi connectivity index (χ3v) is 3.67. The molecule has 0 heterocycles. The van der Waals surface area contributed by atoms with Gasteiger partial charge in [0.15, 0.2) is 0 Å². The largest absolute Gasteiger partial charge is 0.300 e. The van der Waals surface area contributed by atoms with Crippen molar-refractivity contribution in [1.82, 2.24) is 0 Å². The van der Waals surface area contributed by atoms with Crippen LogP contribution in [0.4, 0.5) is 0 Å². The van der Waals surface area contributed by atoms with Crippen LogP contribution in [0.25, 0.3) is 0 Å². The molecule has 2 atom stereocenters. The zero-order valence-corrected chi connectivity index (χ0v) is 11.3. The zero-order chi connectivity index (χ0) is 12.1. The van der Waals surface area contributed by atoms with Crippen molar-refractivity contribution in [3.8, 4) is 0 Å². The summed E-state index contributed by atoms with van der Waals surface area (Å²) in [6.07, 6.45) is 7.59. The van der Waals surface area contributed by atoms with Crippen LogP contribution in [0.5, 0.6) is 0 Å². The molecule has 0 spiro atoms. The van der Waals surface area contributed by atoms with Gasteiger partial charge in [0.25, 0.3) is 0 Å². The highest BCUT2D eigenvalue weighted by Crippen LogP contribution is 2.31. The molecule has 0 aromatic heterocycles. The quantitative estimate of drug-likeness (QED) is 0.631. The van der Waals surface area contributed by atoms with Gasteiger partial charge in [0.1, 0.15) is 5.78 Å². The molecule has 1 aliphatic carbocycles. The van der Waals surface area contributed by atoms with Crippen LogP contribution in [-0.2, 0) is 4.79 Å². The van der Waals surface area contributed by atoms with Crippen LogP contribution in [0.15, 0.2) is 11.6 Å². The minimum Gasteiger partial charge on any atom is -0.300 e. The van der Waals surface area contributed by atoms with Crippen LogP contribution >= 0.6 is 0 Å². The van der Waals surface area contributed by atoms with Crippen LogP contribution in [0.3, 0.4) is 0 Å². The van der Waals surface area contributed by atoms with Gasteiger partial charge < -0.3 is 0 Å². The Morgan fingerprint density at radius 1 is 1.38 bits per heavy atom. The highest BCUT2D eigenvalue weighted by atomic mass is 16.1. The van der Waals surface area contributed by atoms with E-state index in [4.69, 9.17) is 0 Å². The first-order valence-electron chi connectivity index (χ1n) is 6.66. The van der Waals surface area contributed by atoms with Gasteiger partial charge in [0.05, 0.1) is 0 Å².